The molecule has 94 valence electrons. The zero-order valence-corrected chi connectivity index (χ0v) is 10.5. The van der Waals surface area contributed by atoms with Crippen molar-refractivity contribution < 1.29 is 9.53 Å². The van der Waals surface area contributed by atoms with Gasteiger partial charge in [0, 0.05) is 24.2 Å². The van der Waals surface area contributed by atoms with Crippen LogP contribution in [0.5, 0.6) is 5.75 Å². The van der Waals surface area contributed by atoms with Crippen molar-refractivity contribution in [2.75, 3.05) is 6.61 Å². The fraction of sp³-hybridized carbons (Fsp3) is 0.538. The Bertz CT molecular complexity index is 366. The molecule has 0 radical (unpaired) electrons. The highest BCUT2D eigenvalue weighted by atomic mass is 16.5. The van der Waals surface area contributed by atoms with Crippen LogP contribution in [-0.2, 0) is 0 Å². The van der Waals surface area contributed by atoms with E-state index in [1.54, 1.807) is 18.5 Å². The van der Waals surface area contributed by atoms with Gasteiger partial charge >= 0.3 is 0 Å². The standard InChI is InChI=1S/C13H20N2O2/c1-3-5-11(14)7-13(16)10-6-12(17-4-2)9-15-8-10/h6,8-9,11H,3-5,7,14H2,1-2H3. The molecule has 0 saturated heterocycles. The van der Waals surface area contributed by atoms with Gasteiger partial charge in [-0.3, -0.25) is 9.78 Å². The smallest absolute Gasteiger partial charge is 0.166 e. The number of carbonyl (C=O) groups is 1. The third-order valence-electron chi connectivity index (χ3n) is 2.45. The van der Waals surface area contributed by atoms with Gasteiger partial charge in [-0.25, -0.2) is 0 Å². The van der Waals surface area contributed by atoms with Gasteiger partial charge in [0.1, 0.15) is 5.75 Å². The Morgan fingerprint density at radius 1 is 1.47 bits per heavy atom. The molecule has 17 heavy (non-hydrogen) atoms. The summed E-state index contributed by atoms with van der Waals surface area (Å²) in [7, 11) is 0. The highest BCUT2D eigenvalue weighted by Gasteiger charge is 2.12. The van der Waals surface area contributed by atoms with Crippen molar-refractivity contribution in [3.63, 3.8) is 0 Å². The number of hydrogen-bond donors (Lipinski definition) is 1. The normalized spacial score (nSPS) is 12.2. The number of nitrogens with zero attached hydrogens (tertiary/aromatic N) is 1. The topological polar surface area (TPSA) is 65.2 Å². The minimum Gasteiger partial charge on any atom is -0.492 e. The van der Waals surface area contributed by atoms with Crippen LogP contribution in [0.25, 0.3) is 0 Å². The fourth-order valence-electron chi connectivity index (χ4n) is 1.65. The first-order chi connectivity index (χ1) is 8.17. The van der Waals surface area contributed by atoms with Crippen LogP contribution >= 0.6 is 0 Å². The molecule has 1 unspecified atom stereocenters. The Balaban J connectivity index is 2.65. The Kier molecular flexibility index (Phi) is 5.63. The van der Waals surface area contributed by atoms with E-state index in [9.17, 15) is 4.79 Å². The van der Waals surface area contributed by atoms with Crippen LogP contribution < -0.4 is 10.5 Å². The third kappa shape index (κ3) is 4.53. The summed E-state index contributed by atoms with van der Waals surface area (Å²) in [6, 6.07) is 1.65. The zero-order chi connectivity index (χ0) is 12.7. The van der Waals surface area contributed by atoms with Crippen molar-refractivity contribution >= 4 is 5.78 Å². The fourth-order valence-corrected chi connectivity index (χ4v) is 1.65. The highest BCUT2D eigenvalue weighted by Crippen LogP contribution is 2.14. The van der Waals surface area contributed by atoms with Gasteiger partial charge in [-0.05, 0) is 19.4 Å². The van der Waals surface area contributed by atoms with E-state index in [1.807, 2.05) is 6.92 Å². The van der Waals surface area contributed by atoms with Crippen molar-refractivity contribution in [1.82, 2.24) is 4.98 Å². The Morgan fingerprint density at radius 3 is 2.88 bits per heavy atom. The van der Waals surface area contributed by atoms with Gasteiger partial charge in [0.05, 0.1) is 12.8 Å². The lowest BCUT2D eigenvalue weighted by Gasteiger charge is -2.09. The van der Waals surface area contributed by atoms with E-state index in [0.29, 0.717) is 24.3 Å². The number of aromatic nitrogens is 1. The molecule has 2 N–H and O–H groups in total. The second kappa shape index (κ2) is 7.01. The van der Waals surface area contributed by atoms with Crippen molar-refractivity contribution in [3.8, 4) is 5.75 Å². The van der Waals surface area contributed by atoms with E-state index >= 15 is 0 Å². The molecule has 0 saturated carbocycles. The summed E-state index contributed by atoms with van der Waals surface area (Å²) in [5.74, 6) is 0.655. The van der Waals surface area contributed by atoms with Crippen LogP contribution in [0, 0.1) is 0 Å². The molecule has 1 atom stereocenters. The second-order valence-corrected chi connectivity index (χ2v) is 4.02. The molecule has 0 aliphatic carbocycles. The molecule has 1 aromatic heterocycles. The van der Waals surface area contributed by atoms with Gasteiger partial charge < -0.3 is 10.5 Å². The van der Waals surface area contributed by atoms with E-state index < -0.39 is 0 Å². The predicted octanol–water partition coefficient (Wildman–Crippen LogP) is 2.18. The number of rotatable bonds is 7. The number of pyridine rings is 1. The van der Waals surface area contributed by atoms with E-state index in [-0.39, 0.29) is 11.8 Å². The summed E-state index contributed by atoms with van der Waals surface area (Å²) in [5.41, 5.74) is 6.42. The van der Waals surface area contributed by atoms with E-state index in [0.717, 1.165) is 12.8 Å². The number of nitrogens with two attached hydrogens (primary N) is 1. The quantitative estimate of drug-likeness (QED) is 0.737. The van der Waals surface area contributed by atoms with E-state index in [1.165, 1.54) is 0 Å². The molecular formula is C13H20N2O2. The molecule has 0 amide bonds. The summed E-state index contributed by atoms with van der Waals surface area (Å²) < 4.78 is 5.30. The lowest BCUT2D eigenvalue weighted by molar-refractivity contribution is 0.0972. The molecule has 0 aromatic carbocycles. The summed E-state index contributed by atoms with van der Waals surface area (Å²) >= 11 is 0. The van der Waals surface area contributed by atoms with Crippen LogP contribution in [0.3, 0.4) is 0 Å². The number of ether oxygens (including phenoxy) is 1. The van der Waals surface area contributed by atoms with Crippen molar-refractivity contribution in [3.05, 3.63) is 24.0 Å². The average molecular weight is 236 g/mol. The molecule has 0 spiro atoms. The number of carbonyl (C=O) groups excluding carboxylic acids is 1. The van der Waals surface area contributed by atoms with Gasteiger partial charge in [0.25, 0.3) is 0 Å². The van der Waals surface area contributed by atoms with E-state index in [2.05, 4.69) is 11.9 Å². The Morgan fingerprint density at radius 2 is 2.24 bits per heavy atom. The molecule has 0 bridgehead atoms. The maximum Gasteiger partial charge on any atom is 0.166 e. The van der Waals surface area contributed by atoms with Gasteiger partial charge in [-0.15, -0.1) is 0 Å². The molecule has 1 rings (SSSR count). The summed E-state index contributed by atoms with van der Waals surface area (Å²) in [5, 5.41) is 0. The van der Waals surface area contributed by atoms with Crippen molar-refractivity contribution in [1.29, 1.82) is 0 Å². The predicted molar refractivity (Wildman–Crippen MR) is 67.2 cm³/mol. The molecule has 4 nitrogen and oxygen atoms in total. The van der Waals surface area contributed by atoms with Gasteiger partial charge in [-0.2, -0.15) is 0 Å². The first-order valence-electron chi connectivity index (χ1n) is 6.04. The SMILES string of the molecule is CCCC(N)CC(=O)c1cncc(OCC)c1. The monoisotopic (exact) mass is 236 g/mol. The average Bonchev–Trinajstić information content (AvgIpc) is 2.30. The maximum absolute atomic E-state index is 11.9. The Labute approximate surface area is 102 Å². The molecule has 0 fully saturated rings. The molecule has 0 aliphatic rings. The third-order valence-corrected chi connectivity index (χ3v) is 2.45. The summed E-state index contributed by atoms with van der Waals surface area (Å²) in [6.45, 7) is 4.52. The number of Topliss-reactive ketones (excluding diaryl/α,β-unsaturated/α-hetero) is 1. The van der Waals surface area contributed by atoms with Crippen molar-refractivity contribution in [2.24, 2.45) is 5.73 Å². The first-order valence-corrected chi connectivity index (χ1v) is 6.04. The van der Waals surface area contributed by atoms with Crippen LogP contribution in [0.2, 0.25) is 0 Å². The van der Waals surface area contributed by atoms with Gasteiger partial charge in [0.2, 0.25) is 0 Å². The lowest BCUT2D eigenvalue weighted by atomic mass is 10.0. The number of ketones is 1. The van der Waals surface area contributed by atoms with Crippen LogP contribution in [0.4, 0.5) is 0 Å². The van der Waals surface area contributed by atoms with Gasteiger partial charge in [-0.1, -0.05) is 13.3 Å². The summed E-state index contributed by atoms with van der Waals surface area (Å²) in [4.78, 5) is 15.9. The second-order valence-electron chi connectivity index (χ2n) is 4.02. The minimum atomic E-state index is -0.0664. The van der Waals surface area contributed by atoms with Crippen molar-refractivity contribution in [2.45, 2.75) is 39.2 Å². The maximum atomic E-state index is 11.9. The molecule has 1 aromatic rings. The van der Waals surface area contributed by atoms with Crippen LogP contribution in [0.15, 0.2) is 18.5 Å². The molecular weight excluding hydrogens is 216 g/mol. The van der Waals surface area contributed by atoms with E-state index in [4.69, 9.17) is 10.5 Å². The zero-order valence-electron chi connectivity index (χ0n) is 10.5. The lowest BCUT2D eigenvalue weighted by Crippen LogP contribution is -2.23. The first kappa shape index (κ1) is 13.6. The Hall–Kier alpha value is -1.42. The highest BCUT2D eigenvalue weighted by molar-refractivity contribution is 5.96. The summed E-state index contributed by atoms with van der Waals surface area (Å²) in [6.07, 6.45) is 5.39. The van der Waals surface area contributed by atoms with Gasteiger partial charge in [0.15, 0.2) is 5.78 Å². The molecule has 1 heterocycles. The number of hydrogen-bond acceptors (Lipinski definition) is 4. The van der Waals surface area contributed by atoms with Crippen LogP contribution in [0.1, 0.15) is 43.5 Å². The molecule has 0 aliphatic heterocycles. The largest absolute Gasteiger partial charge is 0.492 e. The molecule has 4 heteroatoms. The minimum absolute atomic E-state index is 0.0278. The van der Waals surface area contributed by atoms with Crippen LogP contribution in [-0.4, -0.2) is 23.4 Å².